The van der Waals surface area contributed by atoms with Crippen molar-refractivity contribution in [1.29, 1.82) is 0 Å². The van der Waals surface area contributed by atoms with Crippen LogP contribution in [0.1, 0.15) is 38.7 Å². The molecule has 12 rings (SSSR count). The summed E-state index contributed by atoms with van der Waals surface area (Å²) in [6.45, 7) is 3.54. The Labute approximate surface area is 328 Å². The molecule has 4 aromatic heterocycles. The first-order valence-electron chi connectivity index (χ1n) is 22.6. The standard InChI is InChI=1S/C49H31N3OS/c1-49(2)39-18-6-3-13-32(39)36-25-37-33-14-4-7-19-41(33)52(42(37)26-40(36)49)30-21-22-43-38(24-30)46-47(53-43)45(50-27-51-46)29-12-9-11-28(23-29)31-16-10-17-35-34-15-5-8-20-44(34)54-48(31)35/h3-27H,1-2H3/i3D,4D,6D,7D,13D,14D,18D,19D,25D,26D. The van der Waals surface area contributed by atoms with E-state index in [0.717, 1.165) is 16.7 Å². The van der Waals surface area contributed by atoms with Gasteiger partial charge in [-0.25, -0.2) is 9.97 Å². The zero-order chi connectivity index (χ0) is 44.4. The molecule has 254 valence electrons. The maximum Gasteiger partial charge on any atom is 0.180 e. The first-order valence-corrected chi connectivity index (χ1v) is 18.4. The topological polar surface area (TPSA) is 43.9 Å². The number of para-hydroxylation sites is 1. The Hall–Kier alpha value is -6.56. The summed E-state index contributed by atoms with van der Waals surface area (Å²) < 4.78 is 101. The molecule has 0 saturated carbocycles. The van der Waals surface area contributed by atoms with Crippen molar-refractivity contribution in [2.45, 2.75) is 19.3 Å². The molecule has 0 bridgehead atoms. The molecular formula is C49H31N3OS. The van der Waals surface area contributed by atoms with Crippen LogP contribution in [0, 0.1) is 0 Å². The van der Waals surface area contributed by atoms with Crippen LogP contribution in [0.5, 0.6) is 0 Å². The highest BCUT2D eigenvalue weighted by Crippen LogP contribution is 2.51. The molecule has 0 spiro atoms. The van der Waals surface area contributed by atoms with Crippen molar-refractivity contribution < 1.29 is 18.1 Å². The van der Waals surface area contributed by atoms with E-state index in [1.807, 2.05) is 12.1 Å². The highest BCUT2D eigenvalue weighted by Gasteiger charge is 2.36. The van der Waals surface area contributed by atoms with E-state index in [-0.39, 0.29) is 68.7 Å². The monoisotopic (exact) mass is 719 g/mol. The fraction of sp³-hybridized carbons (Fsp3) is 0.0612. The third kappa shape index (κ3) is 4.02. The molecule has 0 N–H and O–H groups in total. The van der Waals surface area contributed by atoms with Gasteiger partial charge in [-0.05, 0) is 81.8 Å². The molecule has 0 fully saturated rings. The number of aromatic nitrogens is 3. The minimum absolute atomic E-state index is 0.0300. The molecule has 4 heterocycles. The number of thiophene rings is 1. The lowest BCUT2D eigenvalue weighted by Gasteiger charge is -2.21. The number of rotatable bonds is 3. The van der Waals surface area contributed by atoms with Gasteiger partial charge >= 0.3 is 0 Å². The summed E-state index contributed by atoms with van der Waals surface area (Å²) in [4.78, 5) is 9.41. The van der Waals surface area contributed by atoms with Gasteiger partial charge in [-0.3, -0.25) is 0 Å². The van der Waals surface area contributed by atoms with Crippen molar-refractivity contribution in [2.24, 2.45) is 0 Å². The van der Waals surface area contributed by atoms with Crippen molar-refractivity contribution in [2.75, 3.05) is 0 Å². The Kier molecular flexibility index (Phi) is 4.35. The zero-order valence-electron chi connectivity index (χ0n) is 38.8. The molecule has 54 heavy (non-hydrogen) atoms. The highest BCUT2D eigenvalue weighted by molar-refractivity contribution is 7.26. The molecule has 0 aliphatic heterocycles. The van der Waals surface area contributed by atoms with Gasteiger partial charge in [0.25, 0.3) is 0 Å². The predicted octanol–water partition coefficient (Wildman–Crippen LogP) is 13.5. The van der Waals surface area contributed by atoms with Gasteiger partial charge in [0.1, 0.15) is 23.1 Å². The van der Waals surface area contributed by atoms with Crippen molar-refractivity contribution in [3.63, 3.8) is 0 Å². The SMILES string of the molecule is [2H]c1c([2H])c([2H])c2c(c1[2H])-c1c(c([2H])c3c(c1[2H])c1c([2H])c([2H])c([2H])c([2H])c1n3-c1ccc3oc4c(-c5cccc(-c6cccc7c6sc6ccccc67)c5)ncnc4c3c1)C2(C)C. The molecule has 11 aromatic rings. The van der Waals surface area contributed by atoms with Gasteiger partial charge in [0.05, 0.1) is 24.7 Å². The second kappa shape index (κ2) is 10.8. The van der Waals surface area contributed by atoms with Gasteiger partial charge < -0.3 is 8.98 Å². The van der Waals surface area contributed by atoms with E-state index >= 15 is 0 Å². The number of hydrogen-bond donors (Lipinski definition) is 0. The molecule has 0 saturated heterocycles. The normalized spacial score (nSPS) is 16.1. The minimum atomic E-state index is -1.15. The van der Waals surface area contributed by atoms with Gasteiger partial charge in [0.2, 0.25) is 0 Å². The summed E-state index contributed by atoms with van der Waals surface area (Å²) in [5, 5.41) is 3.12. The van der Waals surface area contributed by atoms with Gasteiger partial charge in [-0.1, -0.05) is 111 Å². The smallest absolute Gasteiger partial charge is 0.180 e. The van der Waals surface area contributed by atoms with Gasteiger partial charge in [0, 0.05) is 53.0 Å². The van der Waals surface area contributed by atoms with E-state index in [9.17, 15) is 4.11 Å². The number of furan rings is 1. The number of nitrogens with zero attached hydrogens (tertiary/aromatic N) is 3. The first kappa shape index (κ1) is 21.8. The van der Waals surface area contributed by atoms with Gasteiger partial charge in [-0.2, -0.15) is 0 Å². The Bertz CT molecular complexity index is 3960. The van der Waals surface area contributed by atoms with E-state index in [4.69, 9.17) is 19.0 Å². The fourth-order valence-corrected chi connectivity index (χ4v) is 9.57. The van der Waals surface area contributed by atoms with Crippen LogP contribution in [0.3, 0.4) is 0 Å². The minimum Gasteiger partial charge on any atom is -0.452 e. The molecule has 0 atom stereocenters. The third-order valence-electron chi connectivity index (χ3n) is 10.9. The van der Waals surface area contributed by atoms with E-state index in [1.165, 1.54) is 26.5 Å². The van der Waals surface area contributed by atoms with Crippen LogP contribution < -0.4 is 0 Å². The molecular weight excluding hydrogens is 679 g/mol. The molecule has 0 radical (unpaired) electrons. The molecule has 5 heteroatoms. The molecule has 0 amide bonds. The second-order valence-corrected chi connectivity index (χ2v) is 15.3. The van der Waals surface area contributed by atoms with Crippen LogP contribution in [0.15, 0.2) is 156 Å². The van der Waals surface area contributed by atoms with E-state index in [1.54, 1.807) is 48.0 Å². The summed E-state index contributed by atoms with van der Waals surface area (Å²) in [5.41, 5.74) is 5.30. The Morgan fingerprint density at radius 2 is 1.48 bits per heavy atom. The van der Waals surface area contributed by atoms with Crippen LogP contribution >= 0.6 is 11.3 Å². The van der Waals surface area contributed by atoms with E-state index < -0.39 is 35.6 Å². The zero-order valence-corrected chi connectivity index (χ0v) is 29.6. The number of hydrogen-bond acceptors (Lipinski definition) is 4. The summed E-state index contributed by atoms with van der Waals surface area (Å²) in [5.74, 6) is 0. The van der Waals surface area contributed by atoms with Crippen LogP contribution in [0.2, 0.25) is 0 Å². The Morgan fingerprint density at radius 1 is 0.648 bits per heavy atom. The summed E-state index contributed by atoms with van der Waals surface area (Å²) in [7, 11) is 0. The second-order valence-electron chi connectivity index (χ2n) is 14.2. The lowest BCUT2D eigenvalue weighted by atomic mass is 9.82. The Balaban J connectivity index is 1.10. The maximum absolute atomic E-state index is 9.93. The van der Waals surface area contributed by atoms with Gasteiger partial charge in [-0.15, -0.1) is 11.3 Å². The number of fused-ring (bicyclic) bond motifs is 12. The van der Waals surface area contributed by atoms with Gasteiger partial charge in [0.15, 0.2) is 5.58 Å². The number of benzene rings is 7. The average Bonchev–Trinajstić information content (AvgIpc) is 4.04. The van der Waals surface area contributed by atoms with Crippen molar-refractivity contribution in [3.8, 4) is 39.2 Å². The van der Waals surface area contributed by atoms with Crippen molar-refractivity contribution in [1.82, 2.24) is 14.5 Å². The van der Waals surface area contributed by atoms with Crippen LogP contribution in [-0.2, 0) is 5.41 Å². The van der Waals surface area contributed by atoms with Crippen LogP contribution in [-0.4, -0.2) is 14.5 Å². The van der Waals surface area contributed by atoms with Crippen molar-refractivity contribution in [3.05, 3.63) is 163 Å². The third-order valence-corrected chi connectivity index (χ3v) is 12.1. The van der Waals surface area contributed by atoms with E-state index in [0.29, 0.717) is 39.0 Å². The summed E-state index contributed by atoms with van der Waals surface area (Å²) in [6.07, 6.45) is 1.48. The lowest BCUT2D eigenvalue weighted by Crippen LogP contribution is -2.14. The highest BCUT2D eigenvalue weighted by atomic mass is 32.1. The Morgan fingerprint density at radius 3 is 2.44 bits per heavy atom. The first-order chi connectivity index (χ1) is 30.7. The molecule has 4 nitrogen and oxygen atoms in total. The van der Waals surface area contributed by atoms with Crippen molar-refractivity contribution >= 4 is 75.4 Å². The molecule has 7 aromatic carbocycles. The molecule has 0 unspecified atom stereocenters. The van der Waals surface area contributed by atoms with Crippen LogP contribution in [0.25, 0.3) is 103 Å². The quantitative estimate of drug-likeness (QED) is 0.183. The largest absolute Gasteiger partial charge is 0.452 e. The maximum atomic E-state index is 9.93. The molecule has 1 aliphatic rings. The predicted molar refractivity (Wildman–Crippen MR) is 225 cm³/mol. The summed E-state index contributed by atoms with van der Waals surface area (Å²) >= 11 is 1.76. The van der Waals surface area contributed by atoms with E-state index in [2.05, 4.69) is 59.6 Å². The fourth-order valence-electron chi connectivity index (χ4n) is 8.33. The lowest BCUT2D eigenvalue weighted by molar-refractivity contribution is 0.661. The molecule has 1 aliphatic carbocycles. The summed E-state index contributed by atoms with van der Waals surface area (Å²) in [6, 6.07) is 24.7. The average molecular weight is 720 g/mol. The van der Waals surface area contributed by atoms with Crippen LogP contribution in [0.4, 0.5) is 0 Å².